The van der Waals surface area contributed by atoms with Gasteiger partial charge in [0.15, 0.2) is 0 Å². The van der Waals surface area contributed by atoms with Crippen molar-refractivity contribution in [3.8, 4) is 5.75 Å². The lowest BCUT2D eigenvalue weighted by molar-refractivity contribution is 0.102. The van der Waals surface area contributed by atoms with Crippen LogP contribution in [0.4, 0.5) is 5.69 Å². The lowest BCUT2D eigenvalue weighted by atomic mass is 10.1. The van der Waals surface area contributed by atoms with Gasteiger partial charge in [0.25, 0.3) is 5.91 Å². The summed E-state index contributed by atoms with van der Waals surface area (Å²) in [6, 6.07) is 6.49. The van der Waals surface area contributed by atoms with E-state index < -0.39 is 0 Å². The Morgan fingerprint density at radius 2 is 2.00 bits per heavy atom. The molecular formula is C14H14N2O2. The maximum Gasteiger partial charge on any atom is 0.255 e. The Morgan fingerprint density at radius 3 is 2.67 bits per heavy atom. The fourth-order valence-corrected chi connectivity index (χ4v) is 1.69. The zero-order valence-corrected chi connectivity index (χ0v) is 10.3. The van der Waals surface area contributed by atoms with E-state index in [4.69, 9.17) is 0 Å². The molecule has 0 saturated carbocycles. The highest BCUT2D eigenvalue weighted by Gasteiger charge is 2.10. The number of nitrogens with one attached hydrogen (secondary N) is 1. The van der Waals surface area contributed by atoms with Crippen molar-refractivity contribution in [2.24, 2.45) is 0 Å². The van der Waals surface area contributed by atoms with Crippen LogP contribution in [0.25, 0.3) is 0 Å². The quantitative estimate of drug-likeness (QED) is 0.851. The Bertz CT molecular complexity index is 594. The number of benzene rings is 1. The molecule has 92 valence electrons. The number of nitrogens with zero attached hydrogens (tertiary/aromatic N) is 1. The van der Waals surface area contributed by atoms with Crippen LogP contribution in [0.15, 0.2) is 36.7 Å². The van der Waals surface area contributed by atoms with Crippen LogP contribution in [-0.2, 0) is 0 Å². The summed E-state index contributed by atoms with van der Waals surface area (Å²) in [6.45, 7) is 3.69. The minimum atomic E-state index is -0.205. The van der Waals surface area contributed by atoms with Gasteiger partial charge in [0.2, 0.25) is 0 Å². The molecule has 18 heavy (non-hydrogen) atoms. The number of anilines is 1. The molecule has 1 aromatic carbocycles. The third-order valence-corrected chi connectivity index (χ3v) is 2.74. The first kappa shape index (κ1) is 12.1. The van der Waals surface area contributed by atoms with Crippen molar-refractivity contribution in [1.29, 1.82) is 0 Å². The molecule has 4 nitrogen and oxygen atoms in total. The smallest absolute Gasteiger partial charge is 0.255 e. The third-order valence-electron chi connectivity index (χ3n) is 2.74. The number of carbonyl (C=O) groups is 1. The van der Waals surface area contributed by atoms with Gasteiger partial charge in [0.05, 0.1) is 11.9 Å². The van der Waals surface area contributed by atoms with Crippen molar-refractivity contribution in [1.82, 2.24) is 4.98 Å². The van der Waals surface area contributed by atoms with Crippen molar-refractivity contribution in [2.75, 3.05) is 5.32 Å². The molecule has 2 N–H and O–H groups in total. The molecular weight excluding hydrogens is 228 g/mol. The van der Waals surface area contributed by atoms with Gasteiger partial charge in [-0.05, 0) is 49.2 Å². The molecule has 0 aliphatic rings. The van der Waals surface area contributed by atoms with Gasteiger partial charge >= 0.3 is 0 Å². The van der Waals surface area contributed by atoms with Crippen LogP contribution in [-0.4, -0.2) is 16.0 Å². The lowest BCUT2D eigenvalue weighted by Crippen LogP contribution is -2.14. The van der Waals surface area contributed by atoms with E-state index in [-0.39, 0.29) is 11.7 Å². The highest BCUT2D eigenvalue weighted by Crippen LogP contribution is 2.18. The molecule has 2 aromatic rings. The fourth-order valence-electron chi connectivity index (χ4n) is 1.69. The van der Waals surface area contributed by atoms with Crippen molar-refractivity contribution in [3.05, 3.63) is 53.3 Å². The molecule has 2 rings (SSSR count). The number of amides is 1. The van der Waals surface area contributed by atoms with E-state index in [1.807, 2.05) is 13.0 Å². The Labute approximate surface area is 105 Å². The van der Waals surface area contributed by atoms with E-state index in [0.717, 1.165) is 11.1 Å². The summed E-state index contributed by atoms with van der Waals surface area (Å²) in [4.78, 5) is 16.1. The molecule has 0 spiro atoms. The summed E-state index contributed by atoms with van der Waals surface area (Å²) < 4.78 is 0. The van der Waals surface area contributed by atoms with Gasteiger partial charge in [-0.25, -0.2) is 0 Å². The van der Waals surface area contributed by atoms with Crippen molar-refractivity contribution >= 4 is 11.6 Å². The number of phenols is 1. The van der Waals surface area contributed by atoms with Crippen LogP contribution in [0, 0.1) is 13.8 Å². The molecule has 0 radical (unpaired) electrons. The largest absolute Gasteiger partial charge is 0.508 e. The summed E-state index contributed by atoms with van der Waals surface area (Å²) in [5.74, 6) is -0.0507. The van der Waals surface area contributed by atoms with Gasteiger partial charge in [-0.3, -0.25) is 9.78 Å². The number of pyridine rings is 1. The molecule has 1 heterocycles. The highest BCUT2D eigenvalue weighted by molar-refractivity contribution is 6.05. The molecule has 0 atom stereocenters. The second kappa shape index (κ2) is 4.87. The number of aryl methyl sites for hydroxylation is 2. The summed E-state index contributed by atoms with van der Waals surface area (Å²) in [7, 11) is 0. The zero-order valence-electron chi connectivity index (χ0n) is 10.3. The monoisotopic (exact) mass is 242 g/mol. The van der Waals surface area contributed by atoms with E-state index in [0.29, 0.717) is 11.3 Å². The SMILES string of the molecule is Cc1ccncc1NC(=O)c1ccc(O)cc1C. The number of carbonyl (C=O) groups excluding carboxylic acids is 1. The number of aromatic nitrogens is 1. The summed E-state index contributed by atoms with van der Waals surface area (Å²) in [6.07, 6.45) is 3.29. The molecule has 0 unspecified atom stereocenters. The van der Waals surface area contributed by atoms with Gasteiger partial charge < -0.3 is 10.4 Å². The van der Waals surface area contributed by atoms with E-state index in [2.05, 4.69) is 10.3 Å². The normalized spacial score (nSPS) is 10.1. The highest BCUT2D eigenvalue weighted by atomic mass is 16.3. The zero-order chi connectivity index (χ0) is 13.1. The molecule has 4 heteroatoms. The van der Waals surface area contributed by atoms with Gasteiger partial charge in [0.1, 0.15) is 5.75 Å². The van der Waals surface area contributed by atoms with E-state index in [1.165, 1.54) is 6.07 Å². The summed E-state index contributed by atoms with van der Waals surface area (Å²) >= 11 is 0. The van der Waals surface area contributed by atoms with Gasteiger partial charge in [-0.2, -0.15) is 0 Å². The number of hydrogen-bond acceptors (Lipinski definition) is 3. The Balaban J connectivity index is 2.25. The molecule has 0 aliphatic carbocycles. The standard InChI is InChI=1S/C14H14N2O2/c1-9-5-6-15-8-13(9)16-14(18)12-4-3-11(17)7-10(12)2/h3-8,17H,1-2H3,(H,16,18). The second-order valence-electron chi connectivity index (χ2n) is 4.14. The van der Waals surface area contributed by atoms with E-state index in [1.54, 1.807) is 31.5 Å². The lowest BCUT2D eigenvalue weighted by Gasteiger charge is -2.09. The summed E-state index contributed by atoms with van der Waals surface area (Å²) in [5.41, 5.74) is 2.91. The van der Waals surface area contributed by atoms with Crippen LogP contribution in [0.3, 0.4) is 0 Å². The Hall–Kier alpha value is -2.36. The molecule has 1 amide bonds. The first-order valence-corrected chi connectivity index (χ1v) is 5.59. The molecule has 0 fully saturated rings. The third kappa shape index (κ3) is 2.48. The minimum absolute atomic E-state index is 0.154. The second-order valence-corrected chi connectivity index (χ2v) is 4.14. The van der Waals surface area contributed by atoms with Crippen LogP contribution in [0.1, 0.15) is 21.5 Å². The Kier molecular flexibility index (Phi) is 3.28. The number of phenolic OH excluding ortho intramolecular Hbond substituents is 1. The Morgan fingerprint density at radius 1 is 1.22 bits per heavy atom. The van der Waals surface area contributed by atoms with Crippen LogP contribution < -0.4 is 5.32 Å². The first-order chi connectivity index (χ1) is 8.58. The predicted molar refractivity (Wildman–Crippen MR) is 69.8 cm³/mol. The number of hydrogen-bond donors (Lipinski definition) is 2. The fraction of sp³-hybridized carbons (Fsp3) is 0.143. The molecule has 0 bridgehead atoms. The average Bonchev–Trinajstić information content (AvgIpc) is 2.32. The molecule has 0 aliphatic heterocycles. The topological polar surface area (TPSA) is 62.2 Å². The van der Waals surface area contributed by atoms with E-state index in [9.17, 15) is 9.90 Å². The van der Waals surface area contributed by atoms with Crippen LogP contribution in [0.5, 0.6) is 5.75 Å². The van der Waals surface area contributed by atoms with Crippen molar-refractivity contribution < 1.29 is 9.90 Å². The first-order valence-electron chi connectivity index (χ1n) is 5.59. The van der Waals surface area contributed by atoms with E-state index >= 15 is 0 Å². The van der Waals surface area contributed by atoms with Crippen molar-refractivity contribution in [3.63, 3.8) is 0 Å². The maximum absolute atomic E-state index is 12.1. The minimum Gasteiger partial charge on any atom is -0.508 e. The van der Waals surface area contributed by atoms with Gasteiger partial charge in [-0.1, -0.05) is 0 Å². The predicted octanol–water partition coefficient (Wildman–Crippen LogP) is 2.66. The van der Waals surface area contributed by atoms with Gasteiger partial charge in [-0.15, -0.1) is 0 Å². The number of aromatic hydroxyl groups is 1. The average molecular weight is 242 g/mol. The van der Waals surface area contributed by atoms with Crippen LogP contribution in [0.2, 0.25) is 0 Å². The summed E-state index contributed by atoms with van der Waals surface area (Å²) in [5, 5.41) is 12.1. The number of rotatable bonds is 2. The van der Waals surface area contributed by atoms with Gasteiger partial charge in [0, 0.05) is 11.8 Å². The molecule has 0 saturated heterocycles. The molecule has 1 aromatic heterocycles. The maximum atomic E-state index is 12.1. The van der Waals surface area contributed by atoms with Crippen molar-refractivity contribution in [2.45, 2.75) is 13.8 Å². The van der Waals surface area contributed by atoms with Crippen LogP contribution >= 0.6 is 0 Å².